The molecule has 0 saturated carbocycles. The molecule has 12 heteroatoms. The number of nitrogens with zero attached hydrogens (tertiary/aromatic N) is 8. The first-order chi connectivity index (χ1) is 17.5. The highest BCUT2D eigenvalue weighted by Gasteiger charge is 2.26. The van der Waals surface area contributed by atoms with E-state index in [-0.39, 0.29) is 5.91 Å². The number of aliphatic hydroxyl groups excluding tert-OH is 1. The summed E-state index contributed by atoms with van der Waals surface area (Å²) in [6.45, 7) is 2.68. The maximum atomic E-state index is 10.6. The molecule has 1 atom stereocenters. The van der Waals surface area contributed by atoms with E-state index in [1.807, 2.05) is 47.9 Å². The van der Waals surface area contributed by atoms with Crippen LogP contribution in [0.1, 0.15) is 12.0 Å². The standard InChI is InChI=1S/C19H14N8O.C5H9NO2/c1-12-6-9-27-11-21-25-18(27)17(12)24-19-20-8-5-15(23-19)13-3-2-4-14(22-13)16-7-10-28-26-16;1-6-3-2-4(7)5(6)8/h2-11H,1H3,(H,20,23,24);4,7H,2-3H2,1H3. The molecule has 0 aromatic carbocycles. The first-order valence-electron chi connectivity index (χ1n) is 11.2. The predicted molar refractivity (Wildman–Crippen MR) is 130 cm³/mol. The molecule has 0 aliphatic carbocycles. The van der Waals surface area contributed by atoms with Gasteiger partial charge in [-0.2, -0.15) is 0 Å². The number of fused-ring (bicyclic) bond motifs is 1. The summed E-state index contributed by atoms with van der Waals surface area (Å²) in [5.74, 6) is 0.301. The molecule has 1 unspecified atom stereocenters. The van der Waals surface area contributed by atoms with E-state index < -0.39 is 6.10 Å². The lowest BCUT2D eigenvalue weighted by molar-refractivity contribution is -0.133. The Hall–Kier alpha value is -4.71. The highest BCUT2D eigenvalue weighted by molar-refractivity contribution is 5.82. The highest BCUT2D eigenvalue weighted by atomic mass is 16.5. The number of pyridine rings is 2. The Morgan fingerprint density at radius 1 is 1.08 bits per heavy atom. The van der Waals surface area contributed by atoms with Gasteiger partial charge < -0.3 is 19.8 Å². The maximum absolute atomic E-state index is 10.6. The van der Waals surface area contributed by atoms with Crippen LogP contribution in [0, 0.1) is 6.92 Å². The number of hydrogen-bond donors (Lipinski definition) is 2. The fraction of sp³-hybridized carbons (Fsp3) is 0.208. The summed E-state index contributed by atoms with van der Waals surface area (Å²) in [5.41, 5.74) is 5.31. The Morgan fingerprint density at radius 3 is 2.58 bits per heavy atom. The van der Waals surface area contributed by atoms with E-state index in [0.717, 1.165) is 11.3 Å². The van der Waals surface area contributed by atoms with Crippen molar-refractivity contribution in [3.8, 4) is 22.8 Å². The van der Waals surface area contributed by atoms with Crippen LogP contribution in [-0.2, 0) is 4.79 Å². The molecule has 0 radical (unpaired) electrons. The Balaban J connectivity index is 0.000000286. The Labute approximate surface area is 205 Å². The minimum Gasteiger partial charge on any atom is -0.383 e. The molecule has 5 aromatic rings. The Kier molecular flexibility index (Phi) is 6.33. The average molecular weight is 486 g/mol. The molecule has 5 aromatic heterocycles. The fourth-order valence-electron chi connectivity index (χ4n) is 3.68. The number of likely N-dealkylation sites (N-methyl/N-ethyl adjacent to an activating group) is 1. The number of likely N-dealkylation sites (tertiary alicyclic amines) is 1. The summed E-state index contributed by atoms with van der Waals surface area (Å²) in [6, 6.07) is 11.2. The number of amides is 1. The van der Waals surface area contributed by atoms with Crippen LogP contribution >= 0.6 is 0 Å². The molecule has 1 aliphatic heterocycles. The molecule has 182 valence electrons. The molecular formula is C24H23N9O3. The summed E-state index contributed by atoms with van der Waals surface area (Å²) >= 11 is 0. The van der Waals surface area contributed by atoms with Crippen LogP contribution in [0.2, 0.25) is 0 Å². The van der Waals surface area contributed by atoms with Gasteiger partial charge in [-0.3, -0.25) is 9.20 Å². The topological polar surface area (TPSA) is 147 Å². The zero-order valence-corrected chi connectivity index (χ0v) is 19.6. The highest BCUT2D eigenvalue weighted by Crippen LogP contribution is 2.25. The molecule has 1 aliphatic rings. The number of hydrogen-bond acceptors (Lipinski definition) is 10. The van der Waals surface area contributed by atoms with Gasteiger partial charge in [-0.05, 0) is 43.2 Å². The number of anilines is 2. The lowest BCUT2D eigenvalue weighted by atomic mass is 10.2. The third kappa shape index (κ3) is 4.74. The molecule has 12 nitrogen and oxygen atoms in total. The van der Waals surface area contributed by atoms with Crippen LogP contribution in [0.4, 0.5) is 11.6 Å². The van der Waals surface area contributed by atoms with Crippen molar-refractivity contribution in [3.63, 3.8) is 0 Å². The van der Waals surface area contributed by atoms with Crippen molar-refractivity contribution in [1.29, 1.82) is 0 Å². The van der Waals surface area contributed by atoms with Gasteiger partial charge in [0.15, 0.2) is 5.65 Å². The van der Waals surface area contributed by atoms with E-state index in [1.165, 1.54) is 11.2 Å². The minimum absolute atomic E-state index is 0.148. The van der Waals surface area contributed by atoms with Gasteiger partial charge in [-0.1, -0.05) is 11.2 Å². The molecule has 2 N–H and O–H groups in total. The van der Waals surface area contributed by atoms with Crippen LogP contribution in [0.15, 0.2) is 65.9 Å². The maximum Gasteiger partial charge on any atom is 0.251 e. The average Bonchev–Trinajstić information content (AvgIpc) is 3.66. The van der Waals surface area contributed by atoms with E-state index in [0.29, 0.717) is 47.3 Å². The van der Waals surface area contributed by atoms with E-state index in [4.69, 9.17) is 9.63 Å². The Morgan fingerprint density at radius 2 is 1.89 bits per heavy atom. The molecule has 36 heavy (non-hydrogen) atoms. The van der Waals surface area contributed by atoms with Crippen LogP contribution in [0.25, 0.3) is 28.4 Å². The summed E-state index contributed by atoms with van der Waals surface area (Å²) in [5, 5.41) is 24.1. The molecule has 6 heterocycles. The van der Waals surface area contributed by atoms with Crippen LogP contribution < -0.4 is 5.32 Å². The second kappa shape index (κ2) is 9.88. The smallest absolute Gasteiger partial charge is 0.251 e. The fourth-order valence-corrected chi connectivity index (χ4v) is 3.68. The predicted octanol–water partition coefficient (Wildman–Crippen LogP) is 2.50. The minimum atomic E-state index is -0.722. The number of aliphatic hydroxyl groups is 1. The molecule has 0 spiro atoms. The van der Waals surface area contributed by atoms with E-state index in [1.54, 1.807) is 25.6 Å². The monoisotopic (exact) mass is 485 g/mol. The van der Waals surface area contributed by atoms with Gasteiger partial charge in [-0.15, -0.1) is 10.2 Å². The van der Waals surface area contributed by atoms with Crippen molar-refractivity contribution < 1.29 is 14.4 Å². The van der Waals surface area contributed by atoms with Gasteiger partial charge >= 0.3 is 0 Å². The van der Waals surface area contributed by atoms with Crippen molar-refractivity contribution in [3.05, 3.63) is 66.9 Å². The van der Waals surface area contributed by atoms with Crippen molar-refractivity contribution in [2.75, 3.05) is 18.9 Å². The molecule has 1 saturated heterocycles. The molecule has 1 amide bonds. The number of rotatable bonds is 4. The lowest BCUT2D eigenvalue weighted by Gasteiger charge is -2.10. The molecule has 0 bridgehead atoms. The van der Waals surface area contributed by atoms with Gasteiger partial charge in [0.25, 0.3) is 5.91 Å². The third-order valence-corrected chi connectivity index (χ3v) is 5.68. The zero-order valence-electron chi connectivity index (χ0n) is 19.6. The van der Waals surface area contributed by atoms with Gasteiger partial charge in [0, 0.05) is 32.1 Å². The molecule has 1 fully saturated rings. The molecule has 6 rings (SSSR count). The SMILES string of the molecule is CN1CCC(O)C1=O.Cc1ccn2cnnc2c1Nc1nccc(-c2cccc(-c3ccon3)n2)n1. The van der Waals surface area contributed by atoms with Crippen LogP contribution in [0.5, 0.6) is 0 Å². The third-order valence-electron chi connectivity index (χ3n) is 5.68. The van der Waals surface area contributed by atoms with Crippen LogP contribution in [0.3, 0.4) is 0 Å². The van der Waals surface area contributed by atoms with E-state index >= 15 is 0 Å². The second-order valence-electron chi connectivity index (χ2n) is 8.18. The zero-order chi connectivity index (χ0) is 25.1. The number of carbonyl (C=O) groups is 1. The van der Waals surface area contributed by atoms with Gasteiger partial charge in [0.1, 0.15) is 24.4 Å². The summed E-state index contributed by atoms with van der Waals surface area (Å²) in [6.07, 6.45) is 6.64. The van der Waals surface area contributed by atoms with Crippen molar-refractivity contribution in [2.24, 2.45) is 0 Å². The van der Waals surface area contributed by atoms with Gasteiger partial charge in [0.2, 0.25) is 5.95 Å². The van der Waals surface area contributed by atoms with Crippen molar-refractivity contribution in [2.45, 2.75) is 19.4 Å². The first-order valence-corrected chi connectivity index (χ1v) is 11.2. The summed E-state index contributed by atoms with van der Waals surface area (Å²) in [7, 11) is 1.69. The van der Waals surface area contributed by atoms with Gasteiger partial charge in [0.05, 0.1) is 22.8 Å². The van der Waals surface area contributed by atoms with Crippen molar-refractivity contribution >= 4 is 23.2 Å². The number of aryl methyl sites for hydroxylation is 1. The number of aromatic nitrogens is 7. The summed E-state index contributed by atoms with van der Waals surface area (Å²) in [4.78, 5) is 25.7. The largest absolute Gasteiger partial charge is 0.383 e. The van der Waals surface area contributed by atoms with Crippen LogP contribution in [-0.4, -0.2) is 70.3 Å². The van der Waals surface area contributed by atoms with Gasteiger partial charge in [-0.25, -0.2) is 15.0 Å². The van der Waals surface area contributed by atoms with E-state index in [2.05, 4.69) is 35.6 Å². The normalized spacial score (nSPS) is 15.1. The van der Waals surface area contributed by atoms with Crippen molar-refractivity contribution in [1.82, 2.24) is 39.6 Å². The number of carbonyl (C=O) groups excluding carboxylic acids is 1. The lowest BCUT2D eigenvalue weighted by Crippen LogP contribution is -2.24. The number of nitrogens with one attached hydrogen (secondary N) is 1. The Bertz CT molecular complexity index is 1490. The first kappa shape index (κ1) is 23.1. The van der Waals surface area contributed by atoms with E-state index in [9.17, 15) is 4.79 Å². The quantitative estimate of drug-likeness (QED) is 0.389. The molecular weight excluding hydrogens is 462 g/mol. The second-order valence-corrected chi connectivity index (χ2v) is 8.18. The summed E-state index contributed by atoms with van der Waals surface area (Å²) < 4.78 is 6.74.